The number of primary amides is 1. The summed E-state index contributed by atoms with van der Waals surface area (Å²) in [5.74, 6) is -0.131. The van der Waals surface area contributed by atoms with E-state index in [1.165, 1.54) is 0 Å². The Morgan fingerprint density at radius 3 is 2.50 bits per heavy atom. The number of carbonyl (C=O) groups is 1. The number of carbonyl (C=O) groups excluding carboxylic acids is 1. The molecule has 1 saturated heterocycles. The van der Waals surface area contributed by atoms with Crippen molar-refractivity contribution in [3.8, 4) is 0 Å². The Bertz CT molecular complexity index is 189. The second-order valence-electron chi connectivity index (χ2n) is 4.27. The Morgan fingerprint density at radius 2 is 2.25 bits per heavy atom. The minimum absolute atomic E-state index is 0.0254. The molecule has 0 radical (unpaired) electrons. The van der Waals surface area contributed by atoms with Gasteiger partial charge in [0.2, 0.25) is 5.91 Å². The fraction of sp³-hybridized carbons (Fsp3) is 0.889. The fourth-order valence-electron chi connectivity index (χ4n) is 1.97. The van der Waals surface area contributed by atoms with Gasteiger partial charge in [-0.25, -0.2) is 0 Å². The summed E-state index contributed by atoms with van der Waals surface area (Å²) >= 11 is 0. The SMILES string of the molecule is CCN1C[C@@H](C(N)=O)C(C)(C)C1. The molecule has 1 fully saturated rings. The third-order valence-corrected chi connectivity index (χ3v) is 2.81. The highest BCUT2D eigenvalue weighted by Crippen LogP contribution is 2.34. The van der Waals surface area contributed by atoms with Crippen LogP contribution in [0.15, 0.2) is 0 Å². The van der Waals surface area contributed by atoms with Gasteiger partial charge in [-0.1, -0.05) is 20.8 Å². The lowest BCUT2D eigenvalue weighted by molar-refractivity contribution is -0.123. The average Bonchev–Trinajstić information content (AvgIpc) is 2.25. The van der Waals surface area contributed by atoms with Gasteiger partial charge >= 0.3 is 0 Å². The van der Waals surface area contributed by atoms with Crippen LogP contribution in [0.25, 0.3) is 0 Å². The van der Waals surface area contributed by atoms with Crippen LogP contribution in [0, 0.1) is 11.3 Å². The zero-order valence-electron chi connectivity index (χ0n) is 8.13. The molecule has 0 unspecified atom stereocenters. The van der Waals surface area contributed by atoms with Gasteiger partial charge < -0.3 is 10.6 Å². The van der Waals surface area contributed by atoms with Gasteiger partial charge in [0, 0.05) is 13.1 Å². The molecule has 0 aromatic rings. The summed E-state index contributed by atoms with van der Waals surface area (Å²) in [7, 11) is 0. The van der Waals surface area contributed by atoms with Crippen LogP contribution in [-0.4, -0.2) is 30.4 Å². The second kappa shape index (κ2) is 3.05. The monoisotopic (exact) mass is 170 g/mol. The molecule has 0 bridgehead atoms. The van der Waals surface area contributed by atoms with Crippen molar-refractivity contribution in [3.05, 3.63) is 0 Å². The lowest BCUT2D eigenvalue weighted by Crippen LogP contribution is -2.34. The van der Waals surface area contributed by atoms with Crippen LogP contribution in [0.4, 0.5) is 0 Å². The van der Waals surface area contributed by atoms with Crippen molar-refractivity contribution < 1.29 is 4.79 Å². The molecule has 2 N–H and O–H groups in total. The van der Waals surface area contributed by atoms with Crippen LogP contribution in [-0.2, 0) is 4.79 Å². The van der Waals surface area contributed by atoms with E-state index in [1.807, 2.05) is 0 Å². The number of amides is 1. The molecule has 12 heavy (non-hydrogen) atoms. The van der Waals surface area contributed by atoms with Crippen molar-refractivity contribution in [3.63, 3.8) is 0 Å². The van der Waals surface area contributed by atoms with Crippen molar-refractivity contribution in [2.75, 3.05) is 19.6 Å². The number of rotatable bonds is 2. The molecule has 70 valence electrons. The fourth-order valence-corrected chi connectivity index (χ4v) is 1.97. The van der Waals surface area contributed by atoms with Crippen LogP contribution < -0.4 is 5.73 Å². The Kier molecular flexibility index (Phi) is 2.42. The van der Waals surface area contributed by atoms with Crippen molar-refractivity contribution in [1.82, 2.24) is 4.90 Å². The summed E-state index contributed by atoms with van der Waals surface area (Å²) in [4.78, 5) is 13.3. The van der Waals surface area contributed by atoms with Gasteiger partial charge in [0.25, 0.3) is 0 Å². The van der Waals surface area contributed by atoms with E-state index in [0.717, 1.165) is 19.6 Å². The highest BCUT2D eigenvalue weighted by molar-refractivity contribution is 5.78. The molecular weight excluding hydrogens is 152 g/mol. The van der Waals surface area contributed by atoms with Crippen molar-refractivity contribution in [2.24, 2.45) is 17.1 Å². The van der Waals surface area contributed by atoms with Gasteiger partial charge in [-0.05, 0) is 12.0 Å². The second-order valence-corrected chi connectivity index (χ2v) is 4.27. The van der Waals surface area contributed by atoms with Gasteiger partial charge in [-0.3, -0.25) is 4.79 Å². The molecular formula is C9H18N2O. The van der Waals surface area contributed by atoms with E-state index in [9.17, 15) is 4.79 Å². The van der Waals surface area contributed by atoms with E-state index < -0.39 is 0 Å². The maximum atomic E-state index is 11.1. The molecule has 1 rings (SSSR count). The molecule has 1 amide bonds. The number of nitrogens with zero attached hydrogens (tertiary/aromatic N) is 1. The lowest BCUT2D eigenvalue weighted by Gasteiger charge is -2.22. The van der Waals surface area contributed by atoms with Crippen LogP contribution in [0.1, 0.15) is 20.8 Å². The molecule has 1 atom stereocenters. The molecule has 0 aliphatic carbocycles. The molecule has 1 aliphatic heterocycles. The summed E-state index contributed by atoms with van der Waals surface area (Å²) in [6.07, 6.45) is 0. The molecule has 0 saturated carbocycles. The molecule has 0 spiro atoms. The van der Waals surface area contributed by atoms with Crippen molar-refractivity contribution >= 4 is 5.91 Å². The zero-order chi connectivity index (χ0) is 9.35. The minimum Gasteiger partial charge on any atom is -0.369 e. The van der Waals surface area contributed by atoms with E-state index in [1.54, 1.807) is 0 Å². The maximum Gasteiger partial charge on any atom is 0.222 e. The average molecular weight is 170 g/mol. The van der Waals surface area contributed by atoms with Crippen LogP contribution in [0.2, 0.25) is 0 Å². The Balaban J connectivity index is 2.70. The summed E-state index contributed by atoms with van der Waals surface area (Å²) in [5.41, 5.74) is 5.38. The number of nitrogens with two attached hydrogens (primary N) is 1. The first-order valence-electron chi connectivity index (χ1n) is 4.49. The van der Waals surface area contributed by atoms with Crippen LogP contribution in [0.5, 0.6) is 0 Å². The van der Waals surface area contributed by atoms with Gasteiger partial charge in [0.15, 0.2) is 0 Å². The van der Waals surface area contributed by atoms with E-state index in [-0.39, 0.29) is 17.2 Å². The lowest BCUT2D eigenvalue weighted by atomic mass is 9.82. The van der Waals surface area contributed by atoms with E-state index in [2.05, 4.69) is 25.7 Å². The zero-order valence-corrected chi connectivity index (χ0v) is 8.13. The first-order chi connectivity index (χ1) is 5.47. The Labute approximate surface area is 73.9 Å². The van der Waals surface area contributed by atoms with Gasteiger partial charge in [0.1, 0.15) is 0 Å². The van der Waals surface area contributed by atoms with E-state index >= 15 is 0 Å². The van der Waals surface area contributed by atoms with Gasteiger partial charge in [-0.2, -0.15) is 0 Å². The Morgan fingerprint density at radius 1 is 1.67 bits per heavy atom. The Hall–Kier alpha value is -0.570. The van der Waals surface area contributed by atoms with Crippen molar-refractivity contribution in [2.45, 2.75) is 20.8 Å². The van der Waals surface area contributed by atoms with E-state index in [0.29, 0.717) is 0 Å². The highest BCUT2D eigenvalue weighted by atomic mass is 16.1. The van der Waals surface area contributed by atoms with Crippen molar-refractivity contribution in [1.29, 1.82) is 0 Å². The predicted molar refractivity (Wildman–Crippen MR) is 48.6 cm³/mol. The van der Waals surface area contributed by atoms with Crippen LogP contribution in [0.3, 0.4) is 0 Å². The van der Waals surface area contributed by atoms with E-state index in [4.69, 9.17) is 5.73 Å². The number of hydrogen-bond acceptors (Lipinski definition) is 2. The topological polar surface area (TPSA) is 46.3 Å². The molecule has 0 aromatic carbocycles. The quantitative estimate of drug-likeness (QED) is 0.654. The summed E-state index contributed by atoms with van der Waals surface area (Å²) in [5, 5.41) is 0. The normalized spacial score (nSPS) is 29.1. The smallest absolute Gasteiger partial charge is 0.222 e. The minimum atomic E-state index is -0.157. The number of likely N-dealkylation sites (tertiary alicyclic amines) is 1. The maximum absolute atomic E-state index is 11.1. The predicted octanol–water partition coefficient (Wildman–Crippen LogP) is 0.450. The standard InChI is InChI=1S/C9H18N2O/c1-4-11-5-7(8(10)12)9(2,3)6-11/h7H,4-6H2,1-3H3,(H2,10,12)/t7-/m0/s1. The number of hydrogen-bond donors (Lipinski definition) is 1. The first kappa shape index (κ1) is 9.52. The van der Waals surface area contributed by atoms with Gasteiger partial charge in [-0.15, -0.1) is 0 Å². The first-order valence-corrected chi connectivity index (χ1v) is 4.49. The molecule has 3 heteroatoms. The van der Waals surface area contributed by atoms with Crippen LogP contribution >= 0.6 is 0 Å². The third-order valence-electron chi connectivity index (χ3n) is 2.81. The molecule has 3 nitrogen and oxygen atoms in total. The summed E-state index contributed by atoms with van der Waals surface area (Å²) < 4.78 is 0. The molecule has 0 aromatic heterocycles. The van der Waals surface area contributed by atoms with Gasteiger partial charge in [0.05, 0.1) is 5.92 Å². The largest absolute Gasteiger partial charge is 0.369 e. The summed E-state index contributed by atoms with van der Waals surface area (Å²) in [6, 6.07) is 0. The summed E-state index contributed by atoms with van der Waals surface area (Å²) in [6.45, 7) is 9.15. The highest BCUT2D eigenvalue weighted by Gasteiger charge is 2.41. The molecule has 1 heterocycles. The molecule has 1 aliphatic rings. The third kappa shape index (κ3) is 1.61.